The molecule has 1 saturated heterocycles. The van der Waals surface area contributed by atoms with Gasteiger partial charge in [0.1, 0.15) is 0 Å². The highest BCUT2D eigenvalue weighted by Gasteiger charge is 2.20. The van der Waals surface area contributed by atoms with Crippen LogP contribution >= 0.6 is 15.9 Å². The molecule has 0 aromatic heterocycles. The highest BCUT2D eigenvalue weighted by Crippen LogP contribution is 2.25. The molecule has 1 unspecified atom stereocenters. The zero-order valence-electron chi connectivity index (χ0n) is 10.9. The number of aryl methyl sites for hydroxylation is 1. The number of benzene rings is 1. The third-order valence-electron chi connectivity index (χ3n) is 3.49. The number of hydrogen-bond acceptors (Lipinski definition) is 3. The van der Waals surface area contributed by atoms with Crippen molar-refractivity contribution in [1.29, 1.82) is 0 Å². The second-order valence-electron chi connectivity index (χ2n) is 4.76. The van der Waals surface area contributed by atoms with Crippen molar-refractivity contribution in [1.82, 2.24) is 4.90 Å². The van der Waals surface area contributed by atoms with E-state index in [1.807, 2.05) is 0 Å². The Morgan fingerprint density at radius 2 is 2.22 bits per heavy atom. The highest BCUT2D eigenvalue weighted by molar-refractivity contribution is 9.10. The maximum absolute atomic E-state index is 5.98. The summed E-state index contributed by atoms with van der Waals surface area (Å²) < 4.78 is 6.66. The SMILES string of the molecule is Cc1cc(C(CN)N2CCCOCC2)ccc1Br. The maximum Gasteiger partial charge on any atom is 0.0593 e. The smallest absolute Gasteiger partial charge is 0.0593 e. The summed E-state index contributed by atoms with van der Waals surface area (Å²) in [6.07, 6.45) is 1.09. The van der Waals surface area contributed by atoms with Crippen LogP contribution in [0.4, 0.5) is 0 Å². The zero-order valence-corrected chi connectivity index (χ0v) is 12.4. The molecular weight excluding hydrogens is 292 g/mol. The molecule has 1 atom stereocenters. The Labute approximate surface area is 117 Å². The van der Waals surface area contributed by atoms with Crippen LogP contribution in [0.2, 0.25) is 0 Å². The van der Waals surface area contributed by atoms with Crippen LogP contribution < -0.4 is 5.73 Å². The third kappa shape index (κ3) is 3.32. The summed E-state index contributed by atoms with van der Waals surface area (Å²) in [5.74, 6) is 0. The quantitative estimate of drug-likeness (QED) is 0.932. The molecule has 100 valence electrons. The maximum atomic E-state index is 5.98. The summed E-state index contributed by atoms with van der Waals surface area (Å²) in [5, 5.41) is 0. The molecule has 0 saturated carbocycles. The number of nitrogens with two attached hydrogens (primary N) is 1. The van der Waals surface area contributed by atoms with Gasteiger partial charge in [-0.05, 0) is 30.5 Å². The molecule has 4 heteroatoms. The number of rotatable bonds is 3. The molecule has 0 radical (unpaired) electrons. The first-order valence-electron chi connectivity index (χ1n) is 6.50. The second-order valence-corrected chi connectivity index (χ2v) is 5.62. The average Bonchev–Trinajstić information content (AvgIpc) is 2.64. The van der Waals surface area contributed by atoms with Gasteiger partial charge in [-0.1, -0.05) is 28.1 Å². The Morgan fingerprint density at radius 1 is 1.39 bits per heavy atom. The van der Waals surface area contributed by atoms with Crippen LogP contribution in [0.5, 0.6) is 0 Å². The molecule has 1 aliphatic rings. The van der Waals surface area contributed by atoms with E-state index in [1.165, 1.54) is 11.1 Å². The summed E-state index contributed by atoms with van der Waals surface area (Å²) in [4.78, 5) is 2.44. The lowest BCUT2D eigenvalue weighted by atomic mass is 10.0. The number of nitrogens with zero attached hydrogens (tertiary/aromatic N) is 1. The average molecular weight is 313 g/mol. The lowest BCUT2D eigenvalue weighted by Gasteiger charge is -2.29. The van der Waals surface area contributed by atoms with Crippen LogP contribution in [0.1, 0.15) is 23.6 Å². The van der Waals surface area contributed by atoms with Gasteiger partial charge in [-0.2, -0.15) is 0 Å². The summed E-state index contributed by atoms with van der Waals surface area (Å²) in [7, 11) is 0. The topological polar surface area (TPSA) is 38.5 Å². The summed E-state index contributed by atoms with van der Waals surface area (Å²) >= 11 is 3.54. The van der Waals surface area contributed by atoms with Gasteiger partial charge in [0.2, 0.25) is 0 Å². The van der Waals surface area contributed by atoms with Crippen molar-refractivity contribution in [3.63, 3.8) is 0 Å². The van der Waals surface area contributed by atoms with Crippen LogP contribution in [-0.2, 0) is 4.74 Å². The van der Waals surface area contributed by atoms with E-state index in [1.54, 1.807) is 0 Å². The fraction of sp³-hybridized carbons (Fsp3) is 0.571. The fourth-order valence-electron chi connectivity index (χ4n) is 2.45. The van der Waals surface area contributed by atoms with E-state index >= 15 is 0 Å². The monoisotopic (exact) mass is 312 g/mol. The van der Waals surface area contributed by atoms with Crippen molar-refractivity contribution in [2.75, 3.05) is 32.8 Å². The molecule has 2 N–H and O–H groups in total. The predicted molar refractivity (Wildman–Crippen MR) is 77.7 cm³/mol. The van der Waals surface area contributed by atoms with E-state index in [9.17, 15) is 0 Å². The fourth-order valence-corrected chi connectivity index (χ4v) is 2.69. The van der Waals surface area contributed by atoms with Crippen molar-refractivity contribution in [2.45, 2.75) is 19.4 Å². The van der Waals surface area contributed by atoms with Gasteiger partial charge >= 0.3 is 0 Å². The molecule has 0 bridgehead atoms. The normalized spacial score (nSPS) is 19.5. The van der Waals surface area contributed by atoms with Crippen molar-refractivity contribution in [2.24, 2.45) is 5.73 Å². The predicted octanol–water partition coefficient (Wildman–Crippen LogP) is 2.48. The van der Waals surface area contributed by atoms with Gasteiger partial charge < -0.3 is 10.5 Å². The van der Waals surface area contributed by atoms with E-state index in [-0.39, 0.29) is 0 Å². The molecule has 2 rings (SSSR count). The molecule has 0 spiro atoms. The summed E-state index contributed by atoms with van der Waals surface area (Å²) in [6, 6.07) is 6.81. The number of hydrogen-bond donors (Lipinski definition) is 1. The lowest BCUT2D eigenvalue weighted by molar-refractivity contribution is 0.132. The zero-order chi connectivity index (χ0) is 13.0. The third-order valence-corrected chi connectivity index (χ3v) is 4.38. The minimum Gasteiger partial charge on any atom is -0.380 e. The van der Waals surface area contributed by atoms with Crippen molar-refractivity contribution in [3.8, 4) is 0 Å². The first-order valence-corrected chi connectivity index (χ1v) is 7.29. The van der Waals surface area contributed by atoms with Gasteiger partial charge in [-0.25, -0.2) is 0 Å². The second kappa shape index (κ2) is 6.66. The van der Waals surface area contributed by atoms with Crippen LogP contribution in [0.25, 0.3) is 0 Å². The van der Waals surface area contributed by atoms with Crippen LogP contribution in [-0.4, -0.2) is 37.7 Å². The van der Waals surface area contributed by atoms with Crippen molar-refractivity contribution >= 4 is 15.9 Å². The largest absolute Gasteiger partial charge is 0.380 e. The van der Waals surface area contributed by atoms with E-state index in [2.05, 4.69) is 46.0 Å². The Kier molecular flexibility index (Phi) is 5.18. The lowest BCUT2D eigenvalue weighted by Crippen LogP contribution is -2.35. The Bertz CT molecular complexity index is 389. The van der Waals surface area contributed by atoms with Crippen LogP contribution in [0.15, 0.2) is 22.7 Å². The molecule has 1 aliphatic heterocycles. The summed E-state index contributed by atoms with van der Waals surface area (Å²) in [5.41, 5.74) is 8.55. The minimum absolute atomic E-state index is 0.304. The molecule has 3 nitrogen and oxygen atoms in total. The molecule has 1 heterocycles. The van der Waals surface area contributed by atoms with Crippen LogP contribution in [0, 0.1) is 6.92 Å². The van der Waals surface area contributed by atoms with Crippen molar-refractivity contribution < 1.29 is 4.74 Å². The van der Waals surface area contributed by atoms with Crippen LogP contribution in [0.3, 0.4) is 0 Å². The molecule has 1 aromatic rings. The highest BCUT2D eigenvalue weighted by atomic mass is 79.9. The Balaban J connectivity index is 2.17. The van der Waals surface area contributed by atoms with Gasteiger partial charge in [0.05, 0.1) is 6.61 Å². The molecule has 18 heavy (non-hydrogen) atoms. The van der Waals surface area contributed by atoms with E-state index in [0.717, 1.165) is 37.2 Å². The van der Waals surface area contributed by atoms with Gasteiger partial charge in [0.25, 0.3) is 0 Å². The van der Waals surface area contributed by atoms with E-state index in [0.29, 0.717) is 12.6 Å². The van der Waals surface area contributed by atoms with Gasteiger partial charge in [-0.3, -0.25) is 4.90 Å². The van der Waals surface area contributed by atoms with Crippen molar-refractivity contribution in [3.05, 3.63) is 33.8 Å². The standard InChI is InChI=1S/C14H21BrN2O/c1-11-9-12(3-4-13(11)15)14(10-16)17-5-2-7-18-8-6-17/h3-4,9,14H,2,5-8,10,16H2,1H3. The van der Waals surface area contributed by atoms with Gasteiger partial charge in [0, 0.05) is 36.8 Å². The van der Waals surface area contributed by atoms with Gasteiger partial charge in [-0.15, -0.1) is 0 Å². The number of halogens is 1. The molecule has 1 fully saturated rings. The summed E-state index contributed by atoms with van der Waals surface area (Å²) in [6.45, 7) is 6.49. The Hall–Kier alpha value is -0.420. The van der Waals surface area contributed by atoms with E-state index in [4.69, 9.17) is 10.5 Å². The number of ether oxygens (including phenoxy) is 1. The first-order chi connectivity index (χ1) is 8.72. The molecule has 1 aromatic carbocycles. The van der Waals surface area contributed by atoms with Gasteiger partial charge in [0.15, 0.2) is 0 Å². The van der Waals surface area contributed by atoms with E-state index < -0.39 is 0 Å². The minimum atomic E-state index is 0.304. The molecule has 0 amide bonds. The molecule has 0 aliphatic carbocycles. The molecular formula is C14H21BrN2O. The first kappa shape index (κ1) is 14.0. The Morgan fingerprint density at radius 3 is 2.94 bits per heavy atom.